The maximum Gasteiger partial charge on any atom is 0.416 e. The van der Waals surface area contributed by atoms with Crippen molar-refractivity contribution in [2.24, 2.45) is 0 Å². The van der Waals surface area contributed by atoms with E-state index in [0.717, 1.165) is 19.3 Å². The van der Waals surface area contributed by atoms with Gasteiger partial charge in [0.25, 0.3) is 5.91 Å². The van der Waals surface area contributed by atoms with Crippen LogP contribution in [0.3, 0.4) is 0 Å². The van der Waals surface area contributed by atoms with Crippen molar-refractivity contribution in [3.63, 3.8) is 0 Å². The molecule has 5 rings (SSSR count). The predicted molar refractivity (Wildman–Crippen MR) is 163 cm³/mol. The highest BCUT2D eigenvalue weighted by molar-refractivity contribution is 6.06. The van der Waals surface area contributed by atoms with Crippen molar-refractivity contribution in [3.05, 3.63) is 48.2 Å². The molecule has 3 aliphatic rings. The van der Waals surface area contributed by atoms with E-state index in [1.54, 1.807) is 17.0 Å². The van der Waals surface area contributed by atoms with Crippen LogP contribution in [0.25, 0.3) is 0 Å². The van der Waals surface area contributed by atoms with Crippen LogP contribution in [0, 0.1) is 0 Å². The SMILES string of the molecule is C=CCOC(=O)N1c2cc(OCCCC(=O)Nc3ccc(C(=O)OC)o3)c(OC)cc2C(=O)N2CCC[C@H]2[C@@H]1OC1CCCCO1. The molecule has 0 saturated carbocycles. The summed E-state index contributed by atoms with van der Waals surface area (Å²) in [4.78, 5) is 54.8. The number of furan rings is 1. The predicted octanol–water partition coefficient (Wildman–Crippen LogP) is 4.49. The van der Waals surface area contributed by atoms with Crippen molar-refractivity contribution < 1.29 is 52.0 Å². The fourth-order valence-corrected chi connectivity index (χ4v) is 5.75. The summed E-state index contributed by atoms with van der Waals surface area (Å²) in [6, 6.07) is 5.56. The summed E-state index contributed by atoms with van der Waals surface area (Å²) in [6.45, 7) is 4.77. The average Bonchev–Trinajstić information content (AvgIpc) is 3.74. The minimum Gasteiger partial charge on any atom is -0.493 e. The van der Waals surface area contributed by atoms with E-state index in [0.29, 0.717) is 32.4 Å². The summed E-state index contributed by atoms with van der Waals surface area (Å²) in [5, 5.41) is 2.58. The number of methoxy groups -OCH3 is 2. The van der Waals surface area contributed by atoms with E-state index in [4.69, 9.17) is 28.1 Å². The van der Waals surface area contributed by atoms with Crippen molar-refractivity contribution in [2.45, 2.75) is 63.5 Å². The first kappa shape index (κ1) is 32.8. The van der Waals surface area contributed by atoms with Gasteiger partial charge in [-0.25, -0.2) is 14.5 Å². The average molecular weight is 642 g/mol. The van der Waals surface area contributed by atoms with Crippen molar-refractivity contribution in [3.8, 4) is 11.5 Å². The fraction of sp³-hybridized carbons (Fsp3) is 0.500. The third kappa shape index (κ3) is 7.29. The van der Waals surface area contributed by atoms with E-state index >= 15 is 0 Å². The van der Waals surface area contributed by atoms with Gasteiger partial charge in [-0.15, -0.1) is 0 Å². The molecular formula is C32H39N3O11. The lowest BCUT2D eigenvalue weighted by Gasteiger charge is -2.38. The first-order valence-corrected chi connectivity index (χ1v) is 15.3. The fourth-order valence-electron chi connectivity index (χ4n) is 5.75. The lowest BCUT2D eigenvalue weighted by molar-refractivity contribution is -0.195. The highest BCUT2D eigenvalue weighted by atomic mass is 16.7. The maximum absolute atomic E-state index is 13.9. The Kier molecular flexibility index (Phi) is 10.8. The second-order valence-electron chi connectivity index (χ2n) is 10.9. The van der Waals surface area contributed by atoms with Crippen LogP contribution >= 0.6 is 0 Å². The van der Waals surface area contributed by atoms with E-state index in [9.17, 15) is 19.2 Å². The number of esters is 1. The highest BCUT2D eigenvalue weighted by Crippen LogP contribution is 2.42. The number of hydrogen-bond acceptors (Lipinski definition) is 11. The quantitative estimate of drug-likeness (QED) is 0.198. The van der Waals surface area contributed by atoms with Gasteiger partial charge < -0.3 is 37.7 Å². The standard InChI is InChI=1S/C32H39N3O11/c1-4-15-44-32(39)35-22-19-25(42-17-8-10-26(36)33-27-13-12-23(45-27)31(38)41-3)24(40-2)18-20(22)29(37)34-14-7-9-21(34)30(35)46-28-11-5-6-16-43-28/h4,12-13,18-19,21,28,30H,1,5-11,14-17H2,2-3H3,(H,33,36)/t21-,28?,30-/m0/s1. The second kappa shape index (κ2) is 15.1. The monoisotopic (exact) mass is 641 g/mol. The van der Waals surface area contributed by atoms with E-state index in [2.05, 4.69) is 16.6 Å². The summed E-state index contributed by atoms with van der Waals surface area (Å²) in [5.41, 5.74) is 0.494. The summed E-state index contributed by atoms with van der Waals surface area (Å²) in [7, 11) is 2.68. The van der Waals surface area contributed by atoms with Gasteiger partial charge in [-0.1, -0.05) is 12.7 Å². The molecule has 1 aromatic carbocycles. The summed E-state index contributed by atoms with van der Waals surface area (Å²) < 4.78 is 39.3. The van der Waals surface area contributed by atoms with E-state index in [1.807, 2.05) is 0 Å². The Morgan fingerprint density at radius 3 is 2.70 bits per heavy atom. The number of hydrogen-bond donors (Lipinski definition) is 1. The number of nitrogens with one attached hydrogen (secondary N) is 1. The van der Waals surface area contributed by atoms with Crippen molar-refractivity contribution >= 4 is 35.4 Å². The van der Waals surface area contributed by atoms with Crippen LogP contribution in [0.2, 0.25) is 0 Å². The molecule has 1 unspecified atom stereocenters. The molecule has 46 heavy (non-hydrogen) atoms. The molecule has 3 atom stereocenters. The normalized spacial score (nSPS) is 20.7. The smallest absolute Gasteiger partial charge is 0.416 e. The van der Waals surface area contributed by atoms with Crippen LogP contribution in [0.4, 0.5) is 16.4 Å². The van der Waals surface area contributed by atoms with Gasteiger partial charge in [-0.05, 0) is 50.7 Å². The van der Waals surface area contributed by atoms with Gasteiger partial charge in [0.15, 0.2) is 24.0 Å². The number of amides is 3. The van der Waals surface area contributed by atoms with Crippen LogP contribution in [0.5, 0.6) is 11.5 Å². The highest BCUT2D eigenvalue weighted by Gasteiger charge is 2.47. The molecule has 1 aromatic heterocycles. The number of nitrogens with zero attached hydrogens (tertiary/aromatic N) is 2. The topological polar surface area (TPSA) is 155 Å². The molecule has 0 aliphatic carbocycles. The Morgan fingerprint density at radius 1 is 1.11 bits per heavy atom. The molecule has 2 saturated heterocycles. The largest absolute Gasteiger partial charge is 0.493 e. The minimum absolute atomic E-state index is 0.0309. The summed E-state index contributed by atoms with van der Waals surface area (Å²) in [6.07, 6.45) is 3.62. The minimum atomic E-state index is -0.876. The second-order valence-corrected chi connectivity index (χ2v) is 10.9. The molecule has 3 amide bonds. The van der Waals surface area contributed by atoms with Crippen LogP contribution in [0.1, 0.15) is 65.9 Å². The zero-order valence-electron chi connectivity index (χ0n) is 26.0. The molecule has 2 fully saturated rings. The van der Waals surface area contributed by atoms with E-state index in [1.165, 1.54) is 37.3 Å². The van der Waals surface area contributed by atoms with Gasteiger partial charge in [0, 0.05) is 31.7 Å². The van der Waals surface area contributed by atoms with Crippen LogP contribution < -0.4 is 19.7 Å². The number of ether oxygens (including phenoxy) is 6. The number of carbonyl (C=O) groups excluding carboxylic acids is 4. The molecule has 4 heterocycles. The number of rotatable bonds is 12. The molecule has 2 aromatic rings. The Balaban J connectivity index is 1.36. The lowest BCUT2D eigenvalue weighted by Crippen LogP contribution is -2.54. The lowest BCUT2D eigenvalue weighted by atomic mass is 10.1. The number of benzene rings is 1. The zero-order valence-corrected chi connectivity index (χ0v) is 26.0. The number of anilines is 2. The van der Waals surface area contributed by atoms with Gasteiger partial charge in [-0.2, -0.15) is 0 Å². The van der Waals surface area contributed by atoms with Gasteiger partial charge in [0.2, 0.25) is 17.6 Å². The van der Waals surface area contributed by atoms with Crippen LogP contribution in [0.15, 0.2) is 41.3 Å². The van der Waals surface area contributed by atoms with Crippen molar-refractivity contribution in [1.82, 2.24) is 4.90 Å². The molecule has 248 valence electrons. The molecular weight excluding hydrogens is 602 g/mol. The van der Waals surface area contributed by atoms with Gasteiger partial charge >= 0.3 is 12.1 Å². The Hall–Kier alpha value is -4.56. The molecule has 3 aliphatic heterocycles. The molecule has 0 radical (unpaired) electrons. The summed E-state index contributed by atoms with van der Waals surface area (Å²) in [5.74, 6) is -0.634. The van der Waals surface area contributed by atoms with Gasteiger partial charge in [-0.3, -0.25) is 14.9 Å². The van der Waals surface area contributed by atoms with E-state index < -0.39 is 30.6 Å². The first-order chi connectivity index (χ1) is 22.3. The van der Waals surface area contributed by atoms with Gasteiger partial charge in [0.1, 0.15) is 6.61 Å². The first-order valence-electron chi connectivity index (χ1n) is 15.3. The van der Waals surface area contributed by atoms with Crippen LogP contribution in [-0.4, -0.2) is 87.9 Å². The Morgan fingerprint density at radius 2 is 1.96 bits per heavy atom. The number of carbonyl (C=O) groups is 4. The molecule has 1 N–H and O–H groups in total. The molecule has 14 heteroatoms. The summed E-state index contributed by atoms with van der Waals surface area (Å²) >= 11 is 0. The van der Waals surface area contributed by atoms with Gasteiger partial charge in [0.05, 0.1) is 38.1 Å². The van der Waals surface area contributed by atoms with E-state index in [-0.39, 0.29) is 65.8 Å². The molecule has 14 nitrogen and oxygen atoms in total. The third-order valence-electron chi connectivity index (χ3n) is 7.93. The number of fused-ring (bicyclic) bond motifs is 2. The molecule has 0 bridgehead atoms. The Bertz CT molecular complexity index is 1430. The van der Waals surface area contributed by atoms with Crippen molar-refractivity contribution in [1.29, 1.82) is 0 Å². The van der Waals surface area contributed by atoms with Crippen molar-refractivity contribution in [2.75, 3.05) is 50.8 Å². The maximum atomic E-state index is 13.9. The third-order valence-corrected chi connectivity index (χ3v) is 7.93. The van der Waals surface area contributed by atoms with Crippen LogP contribution in [-0.2, 0) is 23.7 Å². The zero-order chi connectivity index (χ0) is 32.6. The molecule has 0 spiro atoms. The Labute approximate surface area is 266 Å².